The number of anilines is 1. The van der Waals surface area contributed by atoms with Gasteiger partial charge in [0.2, 0.25) is 0 Å². The molecule has 32 heavy (non-hydrogen) atoms. The molecule has 0 saturated heterocycles. The largest absolute Gasteiger partial charge is 0.306 e. The summed E-state index contributed by atoms with van der Waals surface area (Å²) in [6, 6.07) is 16.5. The second-order valence-corrected chi connectivity index (χ2v) is 7.81. The quantitative estimate of drug-likeness (QED) is 0.441. The van der Waals surface area contributed by atoms with Gasteiger partial charge in [0.25, 0.3) is 5.91 Å². The van der Waals surface area contributed by atoms with Gasteiger partial charge in [-0.05, 0) is 44.2 Å². The van der Waals surface area contributed by atoms with Crippen molar-refractivity contribution >= 4 is 34.4 Å². The number of aryl methyl sites for hydroxylation is 2. The second kappa shape index (κ2) is 7.90. The molecule has 9 heteroatoms. The molecule has 5 rings (SSSR count). The first-order valence-corrected chi connectivity index (χ1v) is 10.3. The molecule has 158 valence electrons. The highest BCUT2D eigenvalue weighted by Crippen LogP contribution is 2.25. The minimum atomic E-state index is -0.230. The number of hydrogen-bond acceptors (Lipinski definition) is 5. The number of fused-ring (bicyclic) bond motifs is 1. The SMILES string of the molecule is Cc1ccc(C(=O)Nc2cc(C)nn2-c2ncnc3c2cnn3-c2cccc(Cl)c2)cc1. The number of benzene rings is 2. The Hall–Kier alpha value is -4.04. The molecule has 1 N–H and O–H groups in total. The van der Waals surface area contributed by atoms with Gasteiger partial charge in [0.1, 0.15) is 12.1 Å². The van der Waals surface area contributed by atoms with Crippen LogP contribution in [0.5, 0.6) is 0 Å². The van der Waals surface area contributed by atoms with Crippen molar-refractivity contribution in [2.75, 3.05) is 5.32 Å². The number of rotatable bonds is 4. The van der Waals surface area contributed by atoms with Crippen molar-refractivity contribution in [1.82, 2.24) is 29.5 Å². The Kier molecular flexibility index (Phi) is 4.91. The molecule has 0 aliphatic rings. The van der Waals surface area contributed by atoms with Gasteiger partial charge in [-0.1, -0.05) is 35.4 Å². The van der Waals surface area contributed by atoms with Crippen LogP contribution in [0.4, 0.5) is 5.82 Å². The number of amides is 1. The highest BCUT2D eigenvalue weighted by Gasteiger charge is 2.18. The smallest absolute Gasteiger partial charge is 0.256 e. The molecule has 0 bridgehead atoms. The van der Waals surface area contributed by atoms with E-state index >= 15 is 0 Å². The maximum atomic E-state index is 12.8. The Morgan fingerprint density at radius 1 is 1.00 bits per heavy atom. The second-order valence-electron chi connectivity index (χ2n) is 7.37. The topological polar surface area (TPSA) is 90.5 Å². The van der Waals surface area contributed by atoms with E-state index in [9.17, 15) is 4.79 Å². The lowest BCUT2D eigenvalue weighted by Crippen LogP contribution is -2.15. The maximum Gasteiger partial charge on any atom is 0.256 e. The van der Waals surface area contributed by atoms with Crippen molar-refractivity contribution in [3.8, 4) is 11.5 Å². The van der Waals surface area contributed by atoms with Crippen molar-refractivity contribution in [3.63, 3.8) is 0 Å². The minimum absolute atomic E-state index is 0.230. The van der Waals surface area contributed by atoms with Gasteiger partial charge in [0.15, 0.2) is 11.5 Å². The van der Waals surface area contributed by atoms with Crippen LogP contribution in [0.2, 0.25) is 5.02 Å². The van der Waals surface area contributed by atoms with E-state index in [1.807, 2.05) is 38.1 Å². The van der Waals surface area contributed by atoms with Crippen LogP contribution in [-0.4, -0.2) is 35.4 Å². The highest BCUT2D eigenvalue weighted by molar-refractivity contribution is 6.30. The van der Waals surface area contributed by atoms with Gasteiger partial charge in [-0.3, -0.25) is 4.79 Å². The minimum Gasteiger partial charge on any atom is -0.306 e. The molecular weight excluding hydrogens is 426 g/mol. The summed E-state index contributed by atoms with van der Waals surface area (Å²) in [4.78, 5) is 21.6. The summed E-state index contributed by atoms with van der Waals surface area (Å²) in [5.74, 6) is 0.783. The summed E-state index contributed by atoms with van der Waals surface area (Å²) >= 11 is 6.14. The molecule has 0 unspecified atom stereocenters. The Morgan fingerprint density at radius 2 is 1.81 bits per heavy atom. The zero-order valence-electron chi connectivity index (χ0n) is 17.3. The fourth-order valence-corrected chi connectivity index (χ4v) is 3.63. The Morgan fingerprint density at radius 3 is 2.59 bits per heavy atom. The van der Waals surface area contributed by atoms with E-state index in [0.717, 1.165) is 16.9 Å². The summed E-state index contributed by atoms with van der Waals surface area (Å²) in [6.07, 6.45) is 3.12. The molecule has 0 fully saturated rings. The number of nitrogens with zero attached hydrogens (tertiary/aromatic N) is 6. The predicted octanol–water partition coefficient (Wildman–Crippen LogP) is 4.52. The molecule has 0 atom stereocenters. The van der Waals surface area contributed by atoms with Crippen molar-refractivity contribution in [1.29, 1.82) is 0 Å². The third-order valence-corrected chi connectivity index (χ3v) is 5.22. The monoisotopic (exact) mass is 443 g/mol. The van der Waals surface area contributed by atoms with E-state index in [2.05, 4.69) is 25.5 Å². The third kappa shape index (κ3) is 3.61. The zero-order valence-corrected chi connectivity index (χ0v) is 18.1. The molecule has 2 aromatic carbocycles. The molecule has 0 aliphatic heterocycles. The lowest BCUT2D eigenvalue weighted by Gasteiger charge is -2.09. The Labute approximate surface area is 188 Å². The van der Waals surface area contributed by atoms with Gasteiger partial charge in [0, 0.05) is 16.7 Å². The first-order chi connectivity index (χ1) is 15.5. The van der Waals surface area contributed by atoms with E-state index in [1.54, 1.807) is 45.9 Å². The van der Waals surface area contributed by atoms with Crippen LogP contribution in [-0.2, 0) is 0 Å². The van der Waals surface area contributed by atoms with Gasteiger partial charge >= 0.3 is 0 Å². The predicted molar refractivity (Wildman–Crippen MR) is 123 cm³/mol. The average molecular weight is 444 g/mol. The molecule has 8 nitrogen and oxygen atoms in total. The van der Waals surface area contributed by atoms with Gasteiger partial charge in [-0.2, -0.15) is 14.9 Å². The van der Waals surface area contributed by atoms with Gasteiger partial charge in [0.05, 0.1) is 23.0 Å². The maximum absolute atomic E-state index is 12.8. The van der Waals surface area contributed by atoms with Crippen molar-refractivity contribution in [2.24, 2.45) is 0 Å². The van der Waals surface area contributed by atoms with Crippen LogP contribution >= 0.6 is 11.6 Å². The summed E-state index contributed by atoms with van der Waals surface area (Å²) in [5, 5.41) is 13.2. The lowest BCUT2D eigenvalue weighted by atomic mass is 10.1. The number of aromatic nitrogens is 6. The number of hydrogen-bond donors (Lipinski definition) is 1. The van der Waals surface area contributed by atoms with E-state index in [-0.39, 0.29) is 5.91 Å². The average Bonchev–Trinajstić information content (AvgIpc) is 3.37. The molecule has 3 aromatic heterocycles. The van der Waals surface area contributed by atoms with Gasteiger partial charge in [-0.15, -0.1) is 0 Å². The van der Waals surface area contributed by atoms with Crippen molar-refractivity contribution in [3.05, 3.63) is 89.0 Å². The van der Waals surface area contributed by atoms with Crippen molar-refractivity contribution in [2.45, 2.75) is 13.8 Å². The number of carbonyl (C=O) groups excluding carboxylic acids is 1. The van der Waals surface area contributed by atoms with Crippen LogP contribution in [0.15, 0.2) is 67.1 Å². The zero-order chi connectivity index (χ0) is 22.2. The molecular formula is C23H18ClN7O. The van der Waals surface area contributed by atoms with Gasteiger partial charge < -0.3 is 5.32 Å². The molecule has 0 spiro atoms. The Balaban J connectivity index is 1.56. The molecule has 0 saturated carbocycles. The standard InChI is InChI=1S/C23H18ClN7O/c1-14-6-8-16(9-7-14)23(32)28-20-10-15(2)29-31(20)22-19-12-27-30(21(19)25-13-26-22)18-5-3-4-17(24)11-18/h3-13H,1-2H3,(H,28,32). The molecule has 0 aliphatic carbocycles. The third-order valence-electron chi connectivity index (χ3n) is 4.99. The van der Waals surface area contributed by atoms with Gasteiger partial charge in [-0.25, -0.2) is 14.6 Å². The van der Waals surface area contributed by atoms with Crippen LogP contribution in [0.3, 0.4) is 0 Å². The fourth-order valence-electron chi connectivity index (χ4n) is 3.44. The van der Waals surface area contributed by atoms with E-state index in [4.69, 9.17) is 11.6 Å². The molecule has 1 amide bonds. The number of carbonyl (C=O) groups is 1. The summed E-state index contributed by atoms with van der Waals surface area (Å²) in [5.41, 5.74) is 3.76. The van der Waals surface area contributed by atoms with Crippen molar-refractivity contribution < 1.29 is 4.79 Å². The van der Waals surface area contributed by atoms with Crippen LogP contribution in [0.1, 0.15) is 21.6 Å². The number of halogens is 1. The first kappa shape index (κ1) is 19.9. The Bertz CT molecular complexity index is 1450. The summed E-state index contributed by atoms with van der Waals surface area (Å²) < 4.78 is 3.28. The van der Waals surface area contributed by atoms with E-state index in [0.29, 0.717) is 33.3 Å². The normalized spacial score (nSPS) is 11.1. The lowest BCUT2D eigenvalue weighted by molar-refractivity contribution is 0.102. The molecule has 0 radical (unpaired) electrons. The summed E-state index contributed by atoms with van der Waals surface area (Å²) in [7, 11) is 0. The molecule has 5 aromatic rings. The highest BCUT2D eigenvalue weighted by atomic mass is 35.5. The number of nitrogens with one attached hydrogen (secondary N) is 1. The van der Waals surface area contributed by atoms with Crippen LogP contribution in [0, 0.1) is 13.8 Å². The fraction of sp³-hybridized carbons (Fsp3) is 0.0870. The van der Waals surface area contributed by atoms with E-state index < -0.39 is 0 Å². The van der Waals surface area contributed by atoms with Crippen LogP contribution < -0.4 is 5.32 Å². The van der Waals surface area contributed by atoms with Crippen LogP contribution in [0.25, 0.3) is 22.5 Å². The molecule has 3 heterocycles. The first-order valence-electron chi connectivity index (χ1n) is 9.89. The van der Waals surface area contributed by atoms with E-state index in [1.165, 1.54) is 6.33 Å². The summed E-state index contributed by atoms with van der Waals surface area (Å²) in [6.45, 7) is 3.83.